The molecule has 0 aliphatic heterocycles. The van der Waals surface area contributed by atoms with E-state index < -0.39 is 0 Å². The second-order valence-electron chi connectivity index (χ2n) is 5.55. The highest BCUT2D eigenvalue weighted by Crippen LogP contribution is 2.22. The minimum absolute atomic E-state index is 0.171. The number of nitrogens with one attached hydrogen (secondary N) is 1. The van der Waals surface area contributed by atoms with Crippen LogP contribution >= 0.6 is 0 Å². The van der Waals surface area contributed by atoms with E-state index in [4.69, 9.17) is 4.74 Å². The summed E-state index contributed by atoms with van der Waals surface area (Å²) >= 11 is 0. The van der Waals surface area contributed by atoms with Crippen molar-refractivity contribution in [2.45, 2.75) is 38.8 Å². The topological polar surface area (TPSA) is 41.5 Å². The molecule has 0 spiro atoms. The van der Waals surface area contributed by atoms with Crippen molar-refractivity contribution < 1.29 is 9.84 Å². The summed E-state index contributed by atoms with van der Waals surface area (Å²) in [6, 6.07) is 12.5. The normalized spacial score (nSPS) is 11.8. The monoisotopic (exact) mass is 287 g/mol. The molecule has 114 valence electrons. The van der Waals surface area contributed by atoms with Gasteiger partial charge in [0.05, 0.1) is 13.7 Å². The standard InChI is InChI=1S/C18H25NO2/c1-4-18(5-2,13-20)19-12-14-6-7-16-11-17(21-3)9-8-15(16)10-14/h6-11,19-20H,4-5,12-13H2,1-3H3. The lowest BCUT2D eigenvalue weighted by molar-refractivity contribution is 0.149. The Hall–Kier alpha value is -1.58. The first-order valence-corrected chi connectivity index (χ1v) is 7.59. The number of benzene rings is 2. The van der Waals surface area contributed by atoms with E-state index >= 15 is 0 Å². The van der Waals surface area contributed by atoms with Gasteiger partial charge in [0.25, 0.3) is 0 Å². The van der Waals surface area contributed by atoms with Crippen molar-refractivity contribution >= 4 is 10.8 Å². The van der Waals surface area contributed by atoms with Crippen LogP contribution in [0.5, 0.6) is 5.75 Å². The highest BCUT2D eigenvalue weighted by molar-refractivity contribution is 5.84. The molecule has 0 saturated carbocycles. The van der Waals surface area contributed by atoms with Crippen molar-refractivity contribution in [3.8, 4) is 5.75 Å². The van der Waals surface area contributed by atoms with Gasteiger partial charge in [-0.15, -0.1) is 0 Å². The summed E-state index contributed by atoms with van der Waals surface area (Å²) in [5, 5.41) is 15.5. The zero-order valence-corrected chi connectivity index (χ0v) is 13.1. The van der Waals surface area contributed by atoms with E-state index in [1.54, 1.807) is 7.11 Å². The summed E-state index contributed by atoms with van der Waals surface area (Å²) in [7, 11) is 1.68. The zero-order valence-electron chi connectivity index (χ0n) is 13.1. The second-order valence-corrected chi connectivity index (χ2v) is 5.55. The fourth-order valence-electron chi connectivity index (χ4n) is 2.58. The SMILES string of the molecule is CCC(CC)(CO)NCc1ccc2cc(OC)ccc2c1. The van der Waals surface area contributed by atoms with Gasteiger partial charge in [-0.2, -0.15) is 0 Å². The summed E-state index contributed by atoms with van der Waals surface area (Å²) in [6.45, 7) is 5.16. The Bertz CT molecular complexity index is 583. The van der Waals surface area contributed by atoms with E-state index in [2.05, 4.69) is 43.4 Å². The van der Waals surface area contributed by atoms with Crippen molar-refractivity contribution in [2.75, 3.05) is 13.7 Å². The van der Waals surface area contributed by atoms with E-state index in [0.717, 1.165) is 25.1 Å². The molecule has 0 radical (unpaired) electrons. The summed E-state index contributed by atoms with van der Waals surface area (Å²) in [5.74, 6) is 0.879. The number of aliphatic hydroxyl groups is 1. The largest absolute Gasteiger partial charge is 0.497 e. The number of fused-ring (bicyclic) bond motifs is 1. The maximum absolute atomic E-state index is 9.61. The lowest BCUT2D eigenvalue weighted by Gasteiger charge is -2.31. The van der Waals surface area contributed by atoms with Crippen LogP contribution in [0.3, 0.4) is 0 Å². The molecule has 2 aromatic rings. The molecular formula is C18H25NO2. The molecule has 2 N–H and O–H groups in total. The van der Waals surface area contributed by atoms with Gasteiger partial charge >= 0.3 is 0 Å². The van der Waals surface area contributed by atoms with Gasteiger partial charge in [-0.1, -0.05) is 32.0 Å². The molecule has 2 rings (SSSR count). The number of aliphatic hydroxyl groups excluding tert-OH is 1. The molecule has 0 fully saturated rings. The van der Waals surface area contributed by atoms with Gasteiger partial charge in [-0.3, -0.25) is 0 Å². The maximum Gasteiger partial charge on any atom is 0.119 e. The van der Waals surface area contributed by atoms with Crippen molar-refractivity contribution in [3.05, 3.63) is 42.0 Å². The van der Waals surface area contributed by atoms with E-state index in [1.165, 1.54) is 16.3 Å². The molecule has 21 heavy (non-hydrogen) atoms. The minimum Gasteiger partial charge on any atom is -0.497 e. The van der Waals surface area contributed by atoms with Crippen LogP contribution in [0.2, 0.25) is 0 Å². The van der Waals surface area contributed by atoms with Gasteiger partial charge in [-0.05, 0) is 47.4 Å². The molecule has 3 heteroatoms. The molecule has 0 unspecified atom stereocenters. The Kier molecular flexibility index (Phi) is 5.21. The molecule has 0 saturated heterocycles. The van der Waals surface area contributed by atoms with Gasteiger partial charge < -0.3 is 15.2 Å². The number of ether oxygens (including phenoxy) is 1. The van der Waals surface area contributed by atoms with Crippen molar-refractivity contribution in [1.82, 2.24) is 5.32 Å². The van der Waals surface area contributed by atoms with Crippen LogP contribution in [0, 0.1) is 0 Å². The Labute approximate surface area is 126 Å². The number of methoxy groups -OCH3 is 1. The van der Waals surface area contributed by atoms with Gasteiger partial charge in [0.1, 0.15) is 5.75 Å². The van der Waals surface area contributed by atoms with Crippen LogP contribution in [0.1, 0.15) is 32.3 Å². The summed E-state index contributed by atoms with van der Waals surface area (Å²) in [6.07, 6.45) is 1.84. The predicted octanol–water partition coefficient (Wildman–Crippen LogP) is 3.49. The van der Waals surface area contributed by atoms with Crippen molar-refractivity contribution in [2.24, 2.45) is 0 Å². The zero-order chi connectivity index (χ0) is 15.3. The van der Waals surface area contributed by atoms with Crippen molar-refractivity contribution in [3.63, 3.8) is 0 Å². The molecule has 0 aromatic heterocycles. The first kappa shape index (κ1) is 15.8. The van der Waals surface area contributed by atoms with E-state index in [9.17, 15) is 5.11 Å². The molecular weight excluding hydrogens is 262 g/mol. The van der Waals surface area contributed by atoms with Crippen LogP contribution in [0.4, 0.5) is 0 Å². The third-order valence-corrected chi connectivity index (χ3v) is 4.44. The molecule has 0 atom stereocenters. The molecule has 0 aliphatic carbocycles. The summed E-state index contributed by atoms with van der Waals surface area (Å²) < 4.78 is 5.25. The van der Waals surface area contributed by atoms with Crippen LogP contribution in [-0.4, -0.2) is 24.4 Å². The predicted molar refractivity (Wildman–Crippen MR) is 87.7 cm³/mol. The lowest BCUT2D eigenvalue weighted by atomic mass is 9.93. The van der Waals surface area contributed by atoms with E-state index in [1.807, 2.05) is 12.1 Å². The Morgan fingerprint density at radius 1 is 1.05 bits per heavy atom. The minimum atomic E-state index is -0.172. The molecule has 0 bridgehead atoms. The summed E-state index contributed by atoms with van der Waals surface area (Å²) in [4.78, 5) is 0. The second kappa shape index (κ2) is 6.92. The third kappa shape index (κ3) is 3.55. The number of rotatable bonds is 7. The molecule has 2 aromatic carbocycles. The molecule has 3 nitrogen and oxygen atoms in total. The fourth-order valence-corrected chi connectivity index (χ4v) is 2.58. The van der Waals surface area contributed by atoms with Crippen LogP contribution in [0.25, 0.3) is 10.8 Å². The number of hydrogen-bond acceptors (Lipinski definition) is 3. The van der Waals surface area contributed by atoms with Gasteiger partial charge in [0.2, 0.25) is 0 Å². The Morgan fingerprint density at radius 3 is 2.33 bits per heavy atom. The van der Waals surface area contributed by atoms with Crippen molar-refractivity contribution in [1.29, 1.82) is 0 Å². The Balaban J connectivity index is 2.16. The van der Waals surface area contributed by atoms with Gasteiger partial charge in [-0.25, -0.2) is 0 Å². The quantitative estimate of drug-likeness (QED) is 0.819. The molecule has 0 heterocycles. The first-order chi connectivity index (χ1) is 10.2. The third-order valence-electron chi connectivity index (χ3n) is 4.44. The average molecular weight is 287 g/mol. The molecule has 0 amide bonds. The van der Waals surface area contributed by atoms with Crippen LogP contribution < -0.4 is 10.1 Å². The average Bonchev–Trinajstić information content (AvgIpc) is 2.56. The lowest BCUT2D eigenvalue weighted by Crippen LogP contribution is -2.47. The summed E-state index contributed by atoms with van der Waals surface area (Å²) in [5.41, 5.74) is 1.06. The van der Waals surface area contributed by atoms with Gasteiger partial charge in [0.15, 0.2) is 0 Å². The highest BCUT2D eigenvalue weighted by atomic mass is 16.5. The number of hydrogen-bond donors (Lipinski definition) is 2. The first-order valence-electron chi connectivity index (χ1n) is 7.59. The van der Waals surface area contributed by atoms with Crippen LogP contribution in [-0.2, 0) is 6.54 Å². The van der Waals surface area contributed by atoms with Crippen LogP contribution in [0.15, 0.2) is 36.4 Å². The Morgan fingerprint density at radius 2 is 1.71 bits per heavy atom. The maximum atomic E-state index is 9.61. The van der Waals surface area contributed by atoms with E-state index in [-0.39, 0.29) is 12.1 Å². The fraction of sp³-hybridized carbons (Fsp3) is 0.444. The van der Waals surface area contributed by atoms with E-state index in [0.29, 0.717) is 0 Å². The van der Waals surface area contributed by atoms with Gasteiger partial charge in [0, 0.05) is 12.1 Å². The smallest absolute Gasteiger partial charge is 0.119 e. The highest BCUT2D eigenvalue weighted by Gasteiger charge is 2.23. The molecule has 0 aliphatic rings.